The molecule has 0 aliphatic carbocycles. The molecule has 1 aliphatic rings. The number of hydrogen-bond donors (Lipinski definition) is 0. The molecule has 0 spiro atoms. The maximum Gasteiger partial charge on any atom is 0.257 e. The number of halogens is 1. The lowest BCUT2D eigenvalue weighted by atomic mass is 9.99. The first-order valence-electron chi connectivity index (χ1n) is 6.13. The Labute approximate surface area is 110 Å². The molecule has 3 nitrogen and oxygen atoms in total. The zero-order valence-corrected chi connectivity index (χ0v) is 11.9. The number of carbonyl (C=O) groups is 1. The summed E-state index contributed by atoms with van der Waals surface area (Å²) in [5.41, 5.74) is 0.729. The Morgan fingerprint density at radius 1 is 1.65 bits per heavy atom. The highest BCUT2D eigenvalue weighted by atomic mass is 79.9. The fourth-order valence-electron chi connectivity index (χ4n) is 2.28. The quantitative estimate of drug-likeness (QED) is 0.786. The number of furan rings is 1. The molecule has 0 aromatic carbocycles. The van der Waals surface area contributed by atoms with Crippen molar-refractivity contribution in [1.29, 1.82) is 0 Å². The van der Waals surface area contributed by atoms with Crippen molar-refractivity contribution in [2.75, 3.05) is 13.1 Å². The van der Waals surface area contributed by atoms with E-state index in [1.54, 1.807) is 12.3 Å². The van der Waals surface area contributed by atoms with E-state index in [2.05, 4.69) is 22.9 Å². The van der Waals surface area contributed by atoms with Crippen LogP contribution in [-0.4, -0.2) is 28.7 Å². The maximum absolute atomic E-state index is 12.3. The summed E-state index contributed by atoms with van der Waals surface area (Å²) in [6.07, 6.45) is 3.39. The monoisotopic (exact) mass is 299 g/mol. The second kappa shape index (κ2) is 5.25. The van der Waals surface area contributed by atoms with Crippen LogP contribution in [0.25, 0.3) is 0 Å². The third-order valence-corrected chi connectivity index (χ3v) is 4.75. The third kappa shape index (κ3) is 2.57. The first-order chi connectivity index (χ1) is 8.13. The lowest BCUT2D eigenvalue weighted by Gasteiger charge is -2.34. The summed E-state index contributed by atoms with van der Waals surface area (Å²) in [7, 11) is 0. The van der Waals surface area contributed by atoms with Gasteiger partial charge in [0.1, 0.15) is 5.76 Å². The van der Waals surface area contributed by atoms with Gasteiger partial charge < -0.3 is 9.32 Å². The Hall–Kier alpha value is -0.770. The number of alkyl halides is 1. The lowest BCUT2D eigenvalue weighted by Crippen LogP contribution is -2.43. The van der Waals surface area contributed by atoms with E-state index in [1.807, 2.05) is 11.8 Å². The summed E-state index contributed by atoms with van der Waals surface area (Å²) in [6.45, 7) is 5.83. The van der Waals surface area contributed by atoms with Crippen LogP contribution in [0.5, 0.6) is 0 Å². The van der Waals surface area contributed by atoms with Crippen LogP contribution in [0.4, 0.5) is 0 Å². The van der Waals surface area contributed by atoms with Gasteiger partial charge >= 0.3 is 0 Å². The second-order valence-electron chi connectivity index (χ2n) is 4.64. The number of aryl methyl sites for hydroxylation is 1. The summed E-state index contributed by atoms with van der Waals surface area (Å²) in [5, 5.41) is 0. The van der Waals surface area contributed by atoms with E-state index in [9.17, 15) is 4.79 Å². The number of rotatable bonds is 2. The van der Waals surface area contributed by atoms with Gasteiger partial charge in [0.2, 0.25) is 0 Å². The molecular formula is C13H18BrNO2. The molecule has 2 atom stereocenters. The van der Waals surface area contributed by atoms with Crippen molar-refractivity contribution in [1.82, 2.24) is 4.90 Å². The van der Waals surface area contributed by atoms with Crippen molar-refractivity contribution in [3.63, 3.8) is 0 Å². The van der Waals surface area contributed by atoms with Crippen LogP contribution in [0, 0.1) is 5.92 Å². The first kappa shape index (κ1) is 12.7. The van der Waals surface area contributed by atoms with Crippen LogP contribution in [0.3, 0.4) is 0 Å². The number of nitrogens with zero attached hydrogens (tertiary/aromatic N) is 1. The number of hydrogen-bond acceptors (Lipinski definition) is 2. The molecular weight excluding hydrogens is 282 g/mol. The van der Waals surface area contributed by atoms with Crippen molar-refractivity contribution in [3.8, 4) is 0 Å². The summed E-state index contributed by atoms with van der Waals surface area (Å²) in [4.78, 5) is 14.8. The molecule has 94 valence electrons. The number of likely N-dealkylation sites (tertiary alicyclic amines) is 1. The fraction of sp³-hybridized carbons (Fsp3) is 0.615. The topological polar surface area (TPSA) is 33.5 Å². The Bertz CT molecular complexity index is 402. The van der Waals surface area contributed by atoms with Gasteiger partial charge in [-0.1, -0.05) is 29.8 Å². The Morgan fingerprint density at radius 2 is 2.41 bits per heavy atom. The van der Waals surface area contributed by atoms with Gasteiger partial charge in [-0.25, -0.2) is 0 Å². The van der Waals surface area contributed by atoms with E-state index in [1.165, 1.54) is 0 Å². The largest absolute Gasteiger partial charge is 0.469 e. The molecule has 1 aliphatic heterocycles. The normalized spacial score (nSPS) is 25.0. The molecule has 0 N–H and O–H groups in total. The minimum atomic E-state index is 0.113. The molecule has 0 radical (unpaired) electrons. The first-order valence-corrected chi connectivity index (χ1v) is 7.04. The number of carbonyl (C=O) groups excluding carboxylic acids is 1. The molecule has 2 heterocycles. The van der Waals surface area contributed by atoms with Crippen LogP contribution in [0.2, 0.25) is 0 Å². The molecule has 1 aromatic rings. The Kier molecular flexibility index (Phi) is 3.92. The standard InChI is InChI=1S/C13H18BrNO2/c1-3-12-10(5-7-17-12)13(16)15-6-4-11(14)9(2)8-15/h5,7,9,11H,3-4,6,8H2,1-2H3. The molecule has 4 heteroatoms. The molecule has 1 amide bonds. The fourth-order valence-corrected chi connectivity index (χ4v) is 2.65. The minimum Gasteiger partial charge on any atom is -0.469 e. The number of piperidine rings is 1. The average Bonchev–Trinajstić information content (AvgIpc) is 2.80. The van der Waals surface area contributed by atoms with Gasteiger partial charge in [0.05, 0.1) is 11.8 Å². The Morgan fingerprint density at radius 3 is 3.06 bits per heavy atom. The maximum atomic E-state index is 12.3. The van der Waals surface area contributed by atoms with Gasteiger partial charge in [-0.3, -0.25) is 4.79 Å². The average molecular weight is 300 g/mol. The van der Waals surface area contributed by atoms with Gasteiger partial charge in [0.25, 0.3) is 5.91 Å². The summed E-state index contributed by atoms with van der Waals surface area (Å²) >= 11 is 3.65. The zero-order chi connectivity index (χ0) is 12.4. The van der Waals surface area contributed by atoms with E-state index >= 15 is 0 Å². The van der Waals surface area contributed by atoms with E-state index in [-0.39, 0.29) is 5.91 Å². The summed E-state index contributed by atoms with van der Waals surface area (Å²) < 4.78 is 5.32. The van der Waals surface area contributed by atoms with E-state index < -0.39 is 0 Å². The van der Waals surface area contributed by atoms with Crippen LogP contribution >= 0.6 is 15.9 Å². The van der Waals surface area contributed by atoms with Gasteiger partial charge in [-0.15, -0.1) is 0 Å². The van der Waals surface area contributed by atoms with Gasteiger partial charge in [-0.2, -0.15) is 0 Å². The van der Waals surface area contributed by atoms with E-state index in [0.29, 0.717) is 10.7 Å². The minimum absolute atomic E-state index is 0.113. The van der Waals surface area contributed by atoms with Crippen LogP contribution in [0.1, 0.15) is 36.4 Å². The van der Waals surface area contributed by atoms with Crippen molar-refractivity contribution in [2.45, 2.75) is 31.5 Å². The van der Waals surface area contributed by atoms with Crippen molar-refractivity contribution in [2.24, 2.45) is 5.92 Å². The predicted molar refractivity (Wildman–Crippen MR) is 70.5 cm³/mol. The van der Waals surface area contributed by atoms with Crippen molar-refractivity contribution >= 4 is 21.8 Å². The lowest BCUT2D eigenvalue weighted by molar-refractivity contribution is 0.0688. The number of amides is 1. The highest BCUT2D eigenvalue weighted by Gasteiger charge is 2.28. The van der Waals surface area contributed by atoms with Gasteiger partial charge in [0, 0.05) is 24.3 Å². The predicted octanol–water partition coefficient (Wildman–Crippen LogP) is 3.09. The van der Waals surface area contributed by atoms with Crippen LogP contribution < -0.4 is 0 Å². The van der Waals surface area contributed by atoms with Crippen molar-refractivity contribution < 1.29 is 9.21 Å². The smallest absolute Gasteiger partial charge is 0.257 e. The SMILES string of the molecule is CCc1occc1C(=O)N1CCC(Br)C(C)C1. The van der Waals surface area contributed by atoms with Crippen LogP contribution in [-0.2, 0) is 6.42 Å². The van der Waals surface area contributed by atoms with Gasteiger partial charge in [-0.05, 0) is 18.4 Å². The summed E-state index contributed by atoms with van der Waals surface area (Å²) in [5.74, 6) is 1.41. The molecule has 17 heavy (non-hydrogen) atoms. The second-order valence-corrected chi connectivity index (χ2v) is 5.82. The zero-order valence-electron chi connectivity index (χ0n) is 10.3. The third-order valence-electron chi connectivity index (χ3n) is 3.38. The molecule has 1 saturated heterocycles. The molecule has 0 saturated carbocycles. The molecule has 1 fully saturated rings. The molecule has 0 bridgehead atoms. The molecule has 2 unspecified atom stereocenters. The van der Waals surface area contributed by atoms with Crippen LogP contribution in [0.15, 0.2) is 16.7 Å². The highest BCUT2D eigenvalue weighted by molar-refractivity contribution is 9.09. The molecule has 1 aromatic heterocycles. The van der Waals surface area contributed by atoms with Gasteiger partial charge in [0.15, 0.2) is 0 Å². The Balaban J connectivity index is 2.10. The van der Waals surface area contributed by atoms with Crippen molar-refractivity contribution in [3.05, 3.63) is 23.7 Å². The summed E-state index contributed by atoms with van der Waals surface area (Å²) in [6, 6.07) is 1.78. The van der Waals surface area contributed by atoms with E-state index in [0.717, 1.165) is 37.3 Å². The highest BCUT2D eigenvalue weighted by Crippen LogP contribution is 2.25. The van der Waals surface area contributed by atoms with E-state index in [4.69, 9.17) is 4.42 Å². The molecule has 2 rings (SSSR count).